The van der Waals surface area contributed by atoms with E-state index >= 15 is 0 Å². The minimum Gasteiger partial charge on any atom is -0.381 e. The van der Waals surface area contributed by atoms with E-state index in [1.807, 2.05) is 11.9 Å². The van der Waals surface area contributed by atoms with Crippen LogP contribution < -0.4 is 0 Å². The number of amidine groups is 1. The van der Waals surface area contributed by atoms with Crippen molar-refractivity contribution < 1.29 is 9.77 Å². The number of hydrazone groups is 1. The Morgan fingerprint density at radius 1 is 1.50 bits per heavy atom. The molecule has 0 aromatic rings. The van der Waals surface area contributed by atoms with Gasteiger partial charge in [-0.25, -0.2) is 10.1 Å². The number of nitro groups is 1. The zero-order valence-electron chi connectivity index (χ0n) is 14.2. The molecule has 0 aromatic heterocycles. The maximum Gasteiger partial charge on any atom is 0.237 e. The Hall–Kier alpha value is -0.860. The topological polar surface area (TPSA) is 71.2 Å². The van der Waals surface area contributed by atoms with E-state index in [0.29, 0.717) is 17.0 Å². The Morgan fingerprint density at radius 2 is 2.18 bits per heavy atom. The summed E-state index contributed by atoms with van der Waals surface area (Å²) in [6, 6.07) is 0.200. The lowest BCUT2D eigenvalue weighted by atomic mass is 9.97. The van der Waals surface area contributed by atoms with Gasteiger partial charge in [-0.05, 0) is 45.0 Å². The third-order valence-electron chi connectivity index (χ3n) is 4.30. The van der Waals surface area contributed by atoms with Crippen molar-refractivity contribution in [3.05, 3.63) is 10.1 Å². The Labute approximate surface area is 137 Å². The predicted molar refractivity (Wildman–Crippen MR) is 90.8 cm³/mol. The van der Waals surface area contributed by atoms with E-state index in [-0.39, 0.29) is 6.04 Å². The molecule has 3 atom stereocenters. The van der Waals surface area contributed by atoms with E-state index in [0.717, 1.165) is 32.7 Å². The van der Waals surface area contributed by atoms with Crippen molar-refractivity contribution in [2.75, 3.05) is 46.7 Å². The van der Waals surface area contributed by atoms with E-state index in [1.54, 1.807) is 6.26 Å². The molecule has 0 saturated carbocycles. The molecule has 0 radical (unpaired) electrons. The molecule has 0 N–H and O–H groups in total. The number of thioether (sulfide) groups is 1. The van der Waals surface area contributed by atoms with Gasteiger partial charge in [0, 0.05) is 26.2 Å². The maximum atomic E-state index is 10.5. The van der Waals surface area contributed by atoms with E-state index in [9.17, 15) is 10.1 Å². The summed E-state index contributed by atoms with van der Waals surface area (Å²) in [6.07, 6.45) is 2.74. The van der Waals surface area contributed by atoms with Crippen molar-refractivity contribution in [3.8, 4) is 0 Å². The molecule has 1 aliphatic rings. The van der Waals surface area contributed by atoms with Crippen molar-refractivity contribution in [2.45, 2.75) is 26.3 Å². The lowest BCUT2D eigenvalue weighted by Crippen LogP contribution is -2.37. The molecule has 0 spiro atoms. The van der Waals surface area contributed by atoms with Crippen molar-refractivity contribution in [1.82, 2.24) is 9.80 Å². The van der Waals surface area contributed by atoms with Gasteiger partial charge in [-0.1, -0.05) is 18.7 Å². The summed E-state index contributed by atoms with van der Waals surface area (Å²) in [5, 5.41) is 13.8. The molecule has 7 nitrogen and oxygen atoms in total. The summed E-state index contributed by atoms with van der Waals surface area (Å²) in [5.41, 5.74) is 0. The van der Waals surface area contributed by atoms with Crippen molar-refractivity contribution >= 4 is 16.9 Å². The van der Waals surface area contributed by atoms with Crippen LogP contribution in [0, 0.1) is 22.0 Å². The highest BCUT2D eigenvalue weighted by molar-refractivity contribution is 8.13. The van der Waals surface area contributed by atoms with Crippen LogP contribution >= 0.6 is 11.8 Å². The average molecular weight is 332 g/mol. The Kier molecular flexibility index (Phi) is 8.13. The molecule has 1 aliphatic heterocycles. The average Bonchev–Trinajstić information content (AvgIpc) is 2.86. The van der Waals surface area contributed by atoms with Crippen molar-refractivity contribution in [3.63, 3.8) is 0 Å². The van der Waals surface area contributed by atoms with Gasteiger partial charge in [0.1, 0.15) is 0 Å². The monoisotopic (exact) mass is 332 g/mol. The molecule has 0 amide bonds. The summed E-state index contributed by atoms with van der Waals surface area (Å²) >= 11 is 1.30. The van der Waals surface area contributed by atoms with Crippen LogP contribution in [0.15, 0.2) is 5.10 Å². The molecule has 1 fully saturated rings. The molecule has 8 heteroatoms. The molecule has 3 unspecified atom stereocenters. The molecular formula is C14H28N4O3S. The number of nitrogens with zero attached hydrogens (tertiary/aromatic N) is 4. The highest BCUT2D eigenvalue weighted by Gasteiger charge is 2.25. The van der Waals surface area contributed by atoms with Crippen molar-refractivity contribution in [2.24, 2.45) is 16.9 Å². The Balaban J connectivity index is 2.40. The normalized spacial score (nSPS) is 23.8. The highest BCUT2D eigenvalue weighted by Crippen LogP contribution is 2.21. The second-order valence-corrected chi connectivity index (χ2v) is 6.88. The molecule has 22 heavy (non-hydrogen) atoms. The predicted octanol–water partition coefficient (Wildman–Crippen LogP) is 1.82. The van der Waals surface area contributed by atoms with Gasteiger partial charge < -0.3 is 14.5 Å². The van der Waals surface area contributed by atoms with Crippen LogP contribution in [0.2, 0.25) is 0 Å². The first-order valence-electron chi connectivity index (χ1n) is 7.61. The van der Waals surface area contributed by atoms with Gasteiger partial charge in [-0.2, -0.15) is 0 Å². The van der Waals surface area contributed by atoms with Crippen LogP contribution in [-0.2, 0) is 4.74 Å². The lowest BCUT2D eigenvalue weighted by Gasteiger charge is -2.28. The van der Waals surface area contributed by atoms with Gasteiger partial charge in [-0.3, -0.25) is 0 Å². The Morgan fingerprint density at radius 3 is 2.68 bits per heavy atom. The van der Waals surface area contributed by atoms with Gasteiger partial charge >= 0.3 is 0 Å². The van der Waals surface area contributed by atoms with Gasteiger partial charge in [0.25, 0.3) is 0 Å². The molecule has 1 rings (SSSR count). The molecule has 0 bridgehead atoms. The SMILES string of the molecule is CSC(=N[N+](=O)[O-])N(C)C(C)CCN(C)CC1COCC1C. The van der Waals surface area contributed by atoms with Crippen LogP contribution in [0.1, 0.15) is 20.3 Å². The molecule has 1 heterocycles. The molecule has 1 saturated heterocycles. The Bertz CT molecular complexity index is 394. The number of hydrogen-bond acceptors (Lipinski definition) is 5. The third-order valence-corrected chi connectivity index (χ3v) is 5.04. The largest absolute Gasteiger partial charge is 0.381 e. The zero-order chi connectivity index (χ0) is 16.7. The molecule has 0 aromatic carbocycles. The zero-order valence-corrected chi connectivity index (χ0v) is 15.0. The van der Waals surface area contributed by atoms with E-state index in [1.165, 1.54) is 11.8 Å². The minimum absolute atomic E-state index is 0.200. The standard InChI is InChI=1S/C14H28N4O3S/c1-11-9-21-10-13(11)8-16(3)7-6-12(2)17(4)14(22-5)15-18(19)20/h11-13H,6-10H2,1-5H3. The fraction of sp³-hybridized carbons (Fsp3) is 0.929. The summed E-state index contributed by atoms with van der Waals surface area (Å²) in [4.78, 5) is 14.7. The quantitative estimate of drug-likeness (QED) is 0.306. The second-order valence-electron chi connectivity index (χ2n) is 6.11. The summed E-state index contributed by atoms with van der Waals surface area (Å²) in [6.45, 7) is 8.02. The van der Waals surface area contributed by atoms with Gasteiger partial charge in [0.2, 0.25) is 5.17 Å². The molecule has 128 valence electrons. The minimum atomic E-state index is -0.636. The van der Waals surface area contributed by atoms with Gasteiger partial charge in [0.15, 0.2) is 5.03 Å². The number of ether oxygens (including phenoxy) is 1. The summed E-state index contributed by atoms with van der Waals surface area (Å²) < 4.78 is 5.50. The van der Waals surface area contributed by atoms with Crippen LogP contribution in [0.3, 0.4) is 0 Å². The lowest BCUT2D eigenvalue weighted by molar-refractivity contribution is -0.485. The maximum absolute atomic E-state index is 10.5. The van der Waals surface area contributed by atoms with Crippen LogP contribution in [0.4, 0.5) is 0 Å². The molecule has 0 aliphatic carbocycles. The molecular weight excluding hydrogens is 304 g/mol. The summed E-state index contributed by atoms with van der Waals surface area (Å²) in [5.74, 6) is 1.23. The first kappa shape index (κ1) is 19.2. The van der Waals surface area contributed by atoms with Crippen LogP contribution in [0.25, 0.3) is 0 Å². The van der Waals surface area contributed by atoms with E-state index in [4.69, 9.17) is 4.74 Å². The fourth-order valence-corrected chi connectivity index (χ4v) is 3.16. The number of rotatable bonds is 7. The first-order chi connectivity index (χ1) is 10.3. The highest BCUT2D eigenvalue weighted by atomic mass is 32.2. The van der Waals surface area contributed by atoms with E-state index < -0.39 is 5.03 Å². The summed E-state index contributed by atoms with van der Waals surface area (Å²) in [7, 11) is 3.98. The number of hydrogen-bond donors (Lipinski definition) is 0. The fourth-order valence-electron chi connectivity index (χ4n) is 2.54. The van der Waals surface area contributed by atoms with Crippen LogP contribution in [0.5, 0.6) is 0 Å². The van der Waals surface area contributed by atoms with Crippen molar-refractivity contribution in [1.29, 1.82) is 0 Å². The van der Waals surface area contributed by atoms with Gasteiger partial charge in [0.05, 0.1) is 11.7 Å². The van der Waals surface area contributed by atoms with E-state index in [2.05, 4.69) is 30.9 Å². The second kappa shape index (κ2) is 9.32. The third kappa shape index (κ3) is 6.10. The first-order valence-corrected chi connectivity index (χ1v) is 8.83. The smallest absolute Gasteiger partial charge is 0.237 e. The van der Waals surface area contributed by atoms with Gasteiger partial charge in [-0.15, -0.1) is 0 Å². The van der Waals surface area contributed by atoms with Crippen LogP contribution in [-0.4, -0.2) is 72.7 Å².